The molecule has 6 heteroatoms. The number of esters is 1. The van der Waals surface area contributed by atoms with E-state index >= 15 is 0 Å². The van der Waals surface area contributed by atoms with Gasteiger partial charge in [0.05, 0.1) is 0 Å². The number of benzene rings is 1. The highest BCUT2D eigenvalue weighted by atomic mass is 16.5. The molecule has 2 rings (SSSR count). The molecule has 1 aromatic rings. The standard InChI is InChI=1S/C20H28N2O4/c1-3-15-8-10-16(11-9-15)12-13-18(23)26-14(2)19(24)22-20(25)21-17-6-4-5-7-17/h8-11,14,17H,3-7,12-13H2,1-2H3,(H2,21,22,24,25)/t14-/m1/s1. The number of ether oxygens (including phenoxy) is 1. The Hall–Kier alpha value is -2.37. The summed E-state index contributed by atoms with van der Waals surface area (Å²) in [7, 11) is 0. The van der Waals surface area contributed by atoms with Crippen molar-refractivity contribution in [1.29, 1.82) is 0 Å². The Morgan fingerprint density at radius 2 is 1.73 bits per heavy atom. The molecule has 0 aliphatic heterocycles. The van der Waals surface area contributed by atoms with Gasteiger partial charge in [0.2, 0.25) is 0 Å². The smallest absolute Gasteiger partial charge is 0.321 e. The second-order valence-corrected chi connectivity index (χ2v) is 6.75. The molecule has 0 heterocycles. The maximum atomic E-state index is 12.0. The number of carbonyl (C=O) groups is 3. The summed E-state index contributed by atoms with van der Waals surface area (Å²) in [6.07, 6.45) is 4.78. The molecule has 1 saturated carbocycles. The normalized spacial score (nSPS) is 15.3. The van der Waals surface area contributed by atoms with Crippen LogP contribution in [-0.2, 0) is 27.2 Å². The van der Waals surface area contributed by atoms with Crippen molar-refractivity contribution in [3.8, 4) is 0 Å². The monoisotopic (exact) mass is 360 g/mol. The Morgan fingerprint density at radius 1 is 1.12 bits per heavy atom. The van der Waals surface area contributed by atoms with Gasteiger partial charge in [-0.3, -0.25) is 14.9 Å². The van der Waals surface area contributed by atoms with Gasteiger partial charge in [0.15, 0.2) is 6.10 Å². The Morgan fingerprint density at radius 3 is 2.35 bits per heavy atom. The average molecular weight is 360 g/mol. The zero-order valence-electron chi connectivity index (χ0n) is 15.5. The number of imide groups is 1. The van der Waals surface area contributed by atoms with Crippen molar-refractivity contribution >= 4 is 17.9 Å². The topological polar surface area (TPSA) is 84.5 Å². The fraction of sp³-hybridized carbons (Fsp3) is 0.550. The quantitative estimate of drug-likeness (QED) is 0.732. The van der Waals surface area contributed by atoms with Crippen LogP contribution in [0.4, 0.5) is 4.79 Å². The highest BCUT2D eigenvalue weighted by Gasteiger charge is 2.22. The summed E-state index contributed by atoms with van der Waals surface area (Å²) >= 11 is 0. The second-order valence-electron chi connectivity index (χ2n) is 6.75. The molecule has 1 aromatic carbocycles. The summed E-state index contributed by atoms with van der Waals surface area (Å²) in [4.78, 5) is 35.7. The number of aryl methyl sites for hydroxylation is 2. The van der Waals surface area contributed by atoms with Crippen molar-refractivity contribution < 1.29 is 19.1 Å². The van der Waals surface area contributed by atoms with Crippen molar-refractivity contribution in [3.63, 3.8) is 0 Å². The first-order valence-electron chi connectivity index (χ1n) is 9.36. The van der Waals surface area contributed by atoms with Gasteiger partial charge in [0, 0.05) is 12.5 Å². The molecular weight excluding hydrogens is 332 g/mol. The highest BCUT2D eigenvalue weighted by molar-refractivity contribution is 5.97. The van der Waals surface area contributed by atoms with E-state index in [1.165, 1.54) is 12.5 Å². The number of hydrogen-bond donors (Lipinski definition) is 2. The van der Waals surface area contributed by atoms with Gasteiger partial charge in [0.1, 0.15) is 0 Å². The summed E-state index contributed by atoms with van der Waals surface area (Å²) in [6, 6.07) is 7.67. The van der Waals surface area contributed by atoms with Gasteiger partial charge < -0.3 is 10.1 Å². The highest BCUT2D eigenvalue weighted by Crippen LogP contribution is 2.17. The summed E-state index contributed by atoms with van der Waals surface area (Å²) in [5, 5.41) is 4.99. The zero-order valence-corrected chi connectivity index (χ0v) is 15.5. The van der Waals surface area contributed by atoms with E-state index in [0.717, 1.165) is 37.7 Å². The molecule has 0 unspecified atom stereocenters. The van der Waals surface area contributed by atoms with E-state index in [4.69, 9.17) is 4.74 Å². The lowest BCUT2D eigenvalue weighted by atomic mass is 10.1. The minimum Gasteiger partial charge on any atom is -0.453 e. The fourth-order valence-electron chi connectivity index (χ4n) is 3.00. The van der Waals surface area contributed by atoms with Crippen LogP contribution in [0.2, 0.25) is 0 Å². The molecule has 2 N–H and O–H groups in total. The predicted octanol–water partition coefficient (Wildman–Crippen LogP) is 2.88. The molecule has 1 atom stereocenters. The lowest BCUT2D eigenvalue weighted by Gasteiger charge is -2.15. The molecule has 142 valence electrons. The number of nitrogens with one attached hydrogen (secondary N) is 2. The Kier molecular flexibility index (Phi) is 7.63. The van der Waals surface area contributed by atoms with Crippen LogP contribution in [0.1, 0.15) is 57.1 Å². The number of amides is 3. The third-order valence-electron chi connectivity index (χ3n) is 4.65. The predicted molar refractivity (Wildman–Crippen MR) is 98.6 cm³/mol. The molecule has 26 heavy (non-hydrogen) atoms. The average Bonchev–Trinajstić information content (AvgIpc) is 3.13. The Bertz CT molecular complexity index is 621. The number of rotatable bonds is 7. The Labute approximate surface area is 154 Å². The molecule has 0 bridgehead atoms. The van der Waals surface area contributed by atoms with Crippen LogP contribution < -0.4 is 10.6 Å². The lowest BCUT2D eigenvalue weighted by Crippen LogP contribution is -2.47. The second kappa shape index (κ2) is 9.94. The van der Waals surface area contributed by atoms with E-state index in [2.05, 4.69) is 17.6 Å². The summed E-state index contributed by atoms with van der Waals surface area (Å²) in [5.41, 5.74) is 2.30. The van der Waals surface area contributed by atoms with Gasteiger partial charge in [0.25, 0.3) is 5.91 Å². The molecular formula is C20H28N2O4. The lowest BCUT2D eigenvalue weighted by molar-refractivity contribution is -0.154. The van der Waals surface area contributed by atoms with Gasteiger partial charge in [-0.05, 0) is 43.7 Å². The van der Waals surface area contributed by atoms with Crippen LogP contribution in [0.5, 0.6) is 0 Å². The van der Waals surface area contributed by atoms with Crippen LogP contribution in [0, 0.1) is 0 Å². The van der Waals surface area contributed by atoms with Crippen LogP contribution in [0.15, 0.2) is 24.3 Å². The molecule has 0 spiro atoms. The minimum atomic E-state index is -1.00. The first-order valence-corrected chi connectivity index (χ1v) is 9.36. The van der Waals surface area contributed by atoms with Crippen molar-refractivity contribution in [3.05, 3.63) is 35.4 Å². The molecule has 1 fully saturated rings. The molecule has 0 aromatic heterocycles. The van der Waals surface area contributed by atoms with Crippen LogP contribution in [-0.4, -0.2) is 30.1 Å². The van der Waals surface area contributed by atoms with Gasteiger partial charge in [-0.1, -0.05) is 44.0 Å². The maximum absolute atomic E-state index is 12.0. The number of hydrogen-bond acceptors (Lipinski definition) is 4. The molecule has 1 aliphatic rings. The van der Waals surface area contributed by atoms with E-state index in [1.54, 1.807) is 0 Å². The Balaban J connectivity index is 1.69. The summed E-state index contributed by atoms with van der Waals surface area (Å²) in [5.74, 6) is -1.07. The number of carbonyl (C=O) groups excluding carboxylic acids is 3. The van der Waals surface area contributed by atoms with Crippen molar-refractivity contribution in [2.24, 2.45) is 0 Å². The van der Waals surface area contributed by atoms with Crippen LogP contribution in [0.3, 0.4) is 0 Å². The third kappa shape index (κ3) is 6.50. The largest absolute Gasteiger partial charge is 0.453 e. The van der Waals surface area contributed by atoms with E-state index in [0.29, 0.717) is 6.42 Å². The molecule has 3 amide bonds. The minimum absolute atomic E-state index is 0.125. The van der Waals surface area contributed by atoms with E-state index in [-0.39, 0.29) is 12.5 Å². The van der Waals surface area contributed by atoms with Gasteiger partial charge in [-0.25, -0.2) is 4.79 Å². The fourth-order valence-corrected chi connectivity index (χ4v) is 3.00. The van der Waals surface area contributed by atoms with Crippen molar-refractivity contribution in [1.82, 2.24) is 10.6 Å². The van der Waals surface area contributed by atoms with Crippen LogP contribution in [0.25, 0.3) is 0 Å². The molecule has 1 aliphatic carbocycles. The van der Waals surface area contributed by atoms with Crippen molar-refractivity contribution in [2.75, 3.05) is 0 Å². The van der Waals surface area contributed by atoms with Crippen LogP contribution >= 0.6 is 0 Å². The van der Waals surface area contributed by atoms with E-state index in [9.17, 15) is 14.4 Å². The third-order valence-corrected chi connectivity index (χ3v) is 4.65. The maximum Gasteiger partial charge on any atom is 0.321 e. The molecule has 0 saturated heterocycles. The van der Waals surface area contributed by atoms with E-state index in [1.807, 2.05) is 24.3 Å². The molecule has 6 nitrogen and oxygen atoms in total. The molecule has 0 radical (unpaired) electrons. The first kappa shape index (κ1) is 19.9. The summed E-state index contributed by atoms with van der Waals surface area (Å²) in [6.45, 7) is 3.55. The zero-order chi connectivity index (χ0) is 18.9. The van der Waals surface area contributed by atoms with E-state index < -0.39 is 24.0 Å². The van der Waals surface area contributed by atoms with Gasteiger partial charge in [-0.2, -0.15) is 0 Å². The number of urea groups is 1. The van der Waals surface area contributed by atoms with Gasteiger partial charge >= 0.3 is 12.0 Å². The summed E-state index contributed by atoms with van der Waals surface area (Å²) < 4.78 is 5.12. The first-order chi connectivity index (χ1) is 12.5. The SMILES string of the molecule is CCc1ccc(CCC(=O)O[C@H](C)C(=O)NC(=O)NC2CCCC2)cc1. The van der Waals surface area contributed by atoms with Gasteiger partial charge in [-0.15, -0.1) is 0 Å². The van der Waals surface area contributed by atoms with Crippen molar-refractivity contribution in [2.45, 2.75) is 70.9 Å².